The van der Waals surface area contributed by atoms with Crippen molar-refractivity contribution in [3.8, 4) is 28.3 Å². The van der Waals surface area contributed by atoms with Crippen molar-refractivity contribution in [3.63, 3.8) is 0 Å². The Morgan fingerprint density at radius 2 is 2.00 bits per heavy atom. The van der Waals surface area contributed by atoms with Crippen molar-refractivity contribution in [2.45, 2.75) is 13.8 Å². The molecule has 5 nitrogen and oxygen atoms in total. The maximum atomic E-state index is 14.9. The first kappa shape index (κ1) is 17.1. The van der Waals surface area contributed by atoms with Crippen LogP contribution in [0.2, 0.25) is 0 Å². The average Bonchev–Trinajstić information content (AvgIpc) is 3.14. The van der Waals surface area contributed by atoms with Gasteiger partial charge in [0.05, 0.1) is 18.5 Å². The molecule has 0 saturated carbocycles. The van der Waals surface area contributed by atoms with Crippen LogP contribution in [-0.2, 0) is 0 Å². The molecule has 0 saturated heterocycles. The minimum atomic E-state index is -0.365. The molecule has 136 valence electrons. The number of nitrogens with zero attached hydrogens (tertiary/aromatic N) is 3. The molecule has 3 aromatic heterocycles. The van der Waals surface area contributed by atoms with E-state index in [2.05, 4.69) is 33.8 Å². The van der Waals surface area contributed by atoms with Crippen LogP contribution < -0.4 is 4.74 Å². The van der Waals surface area contributed by atoms with Crippen molar-refractivity contribution < 1.29 is 9.13 Å². The monoisotopic (exact) mass is 362 g/mol. The van der Waals surface area contributed by atoms with E-state index in [1.165, 1.54) is 6.07 Å². The van der Waals surface area contributed by atoms with Gasteiger partial charge in [-0.25, -0.2) is 19.3 Å². The fourth-order valence-corrected chi connectivity index (χ4v) is 2.82. The first-order valence-corrected chi connectivity index (χ1v) is 8.80. The summed E-state index contributed by atoms with van der Waals surface area (Å²) in [6, 6.07) is 10.5. The predicted octanol–water partition coefficient (Wildman–Crippen LogP) is 4.86. The minimum Gasteiger partial charge on any atom is -0.477 e. The summed E-state index contributed by atoms with van der Waals surface area (Å²) in [5.41, 5.74) is 3.75. The van der Waals surface area contributed by atoms with Crippen molar-refractivity contribution in [1.82, 2.24) is 19.9 Å². The van der Waals surface area contributed by atoms with Crippen LogP contribution in [0, 0.1) is 11.7 Å². The van der Waals surface area contributed by atoms with E-state index in [1.807, 2.05) is 24.3 Å². The summed E-state index contributed by atoms with van der Waals surface area (Å²) in [7, 11) is 0. The summed E-state index contributed by atoms with van der Waals surface area (Å²) in [6.45, 7) is 4.69. The number of rotatable bonds is 5. The Kier molecular flexibility index (Phi) is 4.54. The number of hydrogen-bond acceptors (Lipinski definition) is 4. The second kappa shape index (κ2) is 7.15. The topological polar surface area (TPSA) is 63.7 Å². The van der Waals surface area contributed by atoms with Crippen LogP contribution in [0.25, 0.3) is 33.5 Å². The van der Waals surface area contributed by atoms with Crippen LogP contribution in [0.15, 0.2) is 55.0 Å². The highest BCUT2D eigenvalue weighted by molar-refractivity contribution is 5.76. The summed E-state index contributed by atoms with van der Waals surface area (Å²) >= 11 is 0. The number of aromatic amines is 1. The van der Waals surface area contributed by atoms with Gasteiger partial charge in [0.25, 0.3) is 0 Å². The van der Waals surface area contributed by atoms with E-state index in [0.29, 0.717) is 46.4 Å². The molecule has 0 fully saturated rings. The summed E-state index contributed by atoms with van der Waals surface area (Å²) < 4.78 is 20.6. The van der Waals surface area contributed by atoms with Gasteiger partial charge < -0.3 is 9.72 Å². The standard InChI is InChI=1S/C21H19FN4O/c1-13(2)12-27-21-15(4-3-8-24-21)14-5-6-16(17(22)10-14)19-11-25-20-18(26-19)7-9-23-20/h3-11,13H,12H2,1-2H3,(H,23,25). The highest BCUT2D eigenvalue weighted by atomic mass is 19.1. The molecule has 0 aliphatic heterocycles. The van der Waals surface area contributed by atoms with Crippen molar-refractivity contribution in [2.24, 2.45) is 5.92 Å². The van der Waals surface area contributed by atoms with E-state index >= 15 is 0 Å². The highest BCUT2D eigenvalue weighted by Gasteiger charge is 2.13. The maximum absolute atomic E-state index is 14.9. The molecule has 6 heteroatoms. The maximum Gasteiger partial charge on any atom is 0.221 e. The van der Waals surface area contributed by atoms with Gasteiger partial charge in [0.2, 0.25) is 5.88 Å². The molecule has 1 aromatic carbocycles. The first-order valence-electron chi connectivity index (χ1n) is 8.80. The zero-order valence-corrected chi connectivity index (χ0v) is 15.1. The molecule has 0 atom stereocenters. The predicted molar refractivity (Wildman–Crippen MR) is 103 cm³/mol. The van der Waals surface area contributed by atoms with Crippen molar-refractivity contribution in [1.29, 1.82) is 0 Å². The third-order valence-electron chi connectivity index (χ3n) is 4.14. The molecule has 0 aliphatic rings. The number of H-pyrrole nitrogens is 1. The first-order chi connectivity index (χ1) is 13.1. The molecule has 4 aromatic rings. The molecule has 27 heavy (non-hydrogen) atoms. The fourth-order valence-electron chi connectivity index (χ4n) is 2.82. The van der Waals surface area contributed by atoms with Gasteiger partial charge in [0.1, 0.15) is 11.3 Å². The third-order valence-corrected chi connectivity index (χ3v) is 4.14. The summed E-state index contributed by atoms with van der Waals surface area (Å²) in [4.78, 5) is 16.0. The summed E-state index contributed by atoms with van der Waals surface area (Å²) in [5, 5.41) is 0. The molecule has 0 bridgehead atoms. The fraction of sp³-hybridized carbons (Fsp3) is 0.190. The quantitative estimate of drug-likeness (QED) is 0.551. The number of fused-ring (bicyclic) bond motifs is 1. The smallest absolute Gasteiger partial charge is 0.221 e. The molecule has 4 rings (SSSR count). The Bertz CT molecular complexity index is 1090. The number of benzene rings is 1. The summed E-state index contributed by atoms with van der Waals surface area (Å²) in [5.74, 6) is 0.517. The Morgan fingerprint density at radius 3 is 2.81 bits per heavy atom. The van der Waals surface area contributed by atoms with Crippen molar-refractivity contribution in [3.05, 3.63) is 60.8 Å². The lowest BCUT2D eigenvalue weighted by Crippen LogP contribution is -2.06. The van der Waals surface area contributed by atoms with Gasteiger partial charge in [0.15, 0.2) is 5.65 Å². The molecule has 3 heterocycles. The lowest BCUT2D eigenvalue weighted by Gasteiger charge is -2.12. The highest BCUT2D eigenvalue weighted by Crippen LogP contribution is 2.31. The molecule has 1 N–H and O–H groups in total. The lowest BCUT2D eigenvalue weighted by molar-refractivity contribution is 0.262. The molecule has 0 radical (unpaired) electrons. The molecular formula is C21H19FN4O. The second-order valence-electron chi connectivity index (χ2n) is 6.72. The van der Waals surface area contributed by atoms with Gasteiger partial charge in [-0.3, -0.25) is 0 Å². The number of aromatic nitrogens is 4. The van der Waals surface area contributed by atoms with Gasteiger partial charge in [-0.2, -0.15) is 0 Å². The van der Waals surface area contributed by atoms with Gasteiger partial charge in [-0.15, -0.1) is 0 Å². The SMILES string of the molecule is CC(C)COc1ncccc1-c1ccc(-c2cnc3[nH]ccc3n2)c(F)c1. The third kappa shape index (κ3) is 3.51. The molecule has 0 spiro atoms. The van der Waals surface area contributed by atoms with Crippen LogP contribution in [0.5, 0.6) is 5.88 Å². The van der Waals surface area contributed by atoms with Crippen LogP contribution in [0.4, 0.5) is 4.39 Å². The van der Waals surface area contributed by atoms with E-state index < -0.39 is 0 Å². The van der Waals surface area contributed by atoms with Crippen LogP contribution in [0.1, 0.15) is 13.8 Å². The number of pyridine rings is 1. The van der Waals surface area contributed by atoms with Crippen LogP contribution in [-0.4, -0.2) is 26.5 Å². The van der Waals surface area contributed by atoms with E-state index in [-0.39, 0.29) is 5.82 Å². The molecule has 0 amide bonds. The largest absolute Gasteiger partial charge is 0.477 e. The normalized spacial score (nSPS) is 11.3. The number of nitrogens with one attached hydrogen (secondary N) is 1. The summed E-state index contributed by atoms with van der Waals surface area (Å²) in [6.07, 6.45) is 5.00. The zero-order valence-electron chi connectivity index (χ0n) is 15.1. The van der Waals surface area contributed by atoms with Crippen molar-refractivity contribution in [2.75, 3.05) is 6.61 Å². The molecule has 0 aliphatic carbocycles. The lowest BCUT2D eigenvalue weighted by atomic mass is 10.0. The van der Waals surface area contributed by atoms with Crippen LogP contribution in [0.3, 0.4) is 0 Å². The Labute approximate surface area is 156 Å². The van der Waals surface area contributed by atoms with E-state index in [9.17, 15) is 4.39 Å². The number of halogens is 1. The Balaban J connectivity index is 1.70. The Hall–Kier alpha value is -3.28. The Morgan fingerprint density at radius 1 is 1.11 bits per heavy atom. The van der Waals surface area contributed by atoms with Crippen molar-refractivity contribution >= 4 is 11.2 Å². The average molecular weight is 362 g/mol. The van der Waals surface area contributed by atoms with E-state index in [1.54, 1.807) is 24.7 Å². The van der Waals surface area contributed by atoms with Gasteiger partial charge in [-0.1, -0.05) is 19.9 Å². The molecular weight excluding hydrogens is 343 g/mol. The zero-order chi connectivity index (χ0) is 18.8. The van der Waals surface area contributed by atoms with E-state index in [4.69, 9.17) is 4.74 Å². The van der Waals surface area contributed by atoms with Gasteiger partial charge in [-0.05, 0) is 41.8 Å². The van der Waals surface area contributed by atoms with E-state index in [0.717, 1.165) is 5.56 Å². The number of hydrogen-bond donors (Lipinski definition) is 1. The second-order valence-corrected chi connectivity index (χ2v) is 6.72. The van der Waals surface area contributed by atoms with Gasteiger partial charge >= 0.3 is 0 Å². The number of ether oxygens (including phenoxy) is 1. The molecule has 0 unspecified atom stereocenters. The van der Waals surface area contributed by atoms with Crippen LogP contribution >= 0.6 is 0 Å². The minimum absolute atomic E-state index is 0.365. The van der Waals surface area contributed by atoms with Gasteiger partial charge in [0, 0.05) is 23.5 Å².